The molecule has 21 heavy (non-hydrogen) atoms. The lowest BCUT2D eigenvalue weighted by molar-refractivity contribution is 0.154. The highest BCUT2D eigenvalue weighted by molar-refractivity contribution is 5.80. The predicted octanol–water partition coefficient (Wildman–Crippen LogP) is 2.86. The van der Waals surface area contributed by atoms with Crippen LogP contribution in [-0.2, 0) is 6.54 Å². The van der Waals surface area contributed by atoms with Crippen molar-refractivity contribution in [3.63, 3.8) is 0 Å². The first kappa shape index (κ1) is 12.4. The number of aliphatic hydroxyl groups is 1. The Morgan fingerprint density at radius 2 is 1.81 bits per heavy atom. The van der Waals surface area contributed by atoms with Gasteiger partial charge in [0, 0.05) is 5.69 Å². The number of β-amino-alcohol motifs (C(OH)–C–C–N with tert-alkyl or cyclic N) is 1. The lowest BCUT2D eigenvalue weighted by atomic mass is 10.2. The van der Waals surface area contributed by atoms with Crippen LogP contribution in [0, 0.1) is 6.92 Å². The summed E-state index contributed by atoms with van der Waals surface area (Å²) in [4.78, 5) is 6.84. The number of aromatic nitrogens is 2. The van der Waals surface area contributed by atoms with Crippen LogP contribution in [-0.4, -0.2) is 27.3 Å². The third kappa shape index (κ3) is 1.99. The number of hydrogen-bond acceptors (Lipinski definition) is 3. The van der Waals surface area contributed by atoms with Crippen LogP contribution < -0.4 is 4.90 Å². The number of aryl methyl sites for hydroxylation is 1. The quantitative estimate of drug-likeness (QED) is 0.744. The van der Waals surface area contributed by atoms with Crippen LogP contribution in [0.15, 0.2) is 48.5 Å². The minimum absolute atomic E-state index is 0.392. The van der Waals surface area contributed by atoms with Crippen molar-refractivity contribution in [2.75, 3.05) is 11.4 Å². The summed E-state index contributed by atoms with van der Waals surface area (Å²) in [7, 11) is 0. The maximum absolute atomic E-state index is 10.2. The van der Waals surface area contributed by atoms with Crippen molar-refractivity contribution in [3.05, 3.63) is 54.1 Å². The summed E-state index contributed by atoms with van der Waals surface area (Å²) in [6.45, 7) is 3.24. The first-order valence-corrected chi connectivity index (χ1v) is 7.20. The lowest BCUT2D eigenvalue weighted by Gasteiger charge is -2.32. The number of rotatable bonds is 1. The van der Waals surface area contributed by atoms with Crippen molar-refractivity contribution in [1.29, 1.82) is 0 Å². The number of nitrogens with zero attached hydrogens (tertiary/aromatic N) is 3. The fourth-order valence-corrected chi connectivity index (χ4v) is 2.96. The number of para-hydroxylation sites is 2. The van der Waals surface area contributed by atoms with Gasteiger partial charge in [-0.1, -0.05) is 29.8 Å². The normalized spacial score (nSPS) is 18.0. The zero-order valence-corrected chi connectivity index (χ0v) is 11.9. The van der Waals surface area contributed by atoms with E-state index in [1.54, 1.807) is 0 Å². The second kappa shape index (κ2) is 4.60. The molecular formula is C17H17N3O. The first-order chi connectivity index (χ1) is 10.2. The molecule has 0 saturated carbocycles. The minimum Gasteiger partial charge on any atom is -0.389 e. The van der Waals surface area contributed by atoms with Crippen LogP contribution in [0.25, 0.3) is 11.0 Å². The van der Waals surface area contributed by atoms with E-state index in [9.17, 15) is 5.11 Å². The number of anilines is 2. The summed E-state index contributed by atoms with van der Waals surface area (Å²) in [5.41, 5.74) is 4.34. The molecule has 0 radical (unpaired) electrons. The van der Waals surface area contributed by atoms with Crippen molar-refractivity contribution in [3.8, 4) is 0 Å². The molecule has 0 saturated heterocycles. The molecule has 1 aliphatic heterocycles. The predicted molar refractivity (Wildman–Crippen MR) is 83.9 cm³/mol. The van der Waals surface area contributed by atoms with Crippen molar-refractivity contribution in [2.45, 2.75) is 19.6 Å². The Labute approximate surface area is 123 Å². The van der Waals surface area contributed by atoms with Crippen molar-refractivity contribution < 1.29 is 5.11 Å². The van der Waals surface area contributed by atoms with Gasteiger partial charge < -0.3 is 14.6 Å². The summed E-state index contributed by atoms with van der Waals surface area (Å²) in [5, 5.41) is 10.2. The zero-order valence-electron chi connectivity index (χ0n) is 11.9. The van der Waals surface area contributed by atoms with E-state index in [0.29, 0.717) is 13.1 Å². The molecule has 1 atom stereocenters. The van der Waals surface area contributed by atoms with Gasteiger partial charge in [-0.15, -0.1) is 0 Å². The van der Waals surface area contributed by atoms with Gasteiger partial charge in [-0.2, -0.15) is 0 Å². The Hall–Kier alpha value is -2.33. The highest BCUT2D eigenvalue weighted by Crippen LogP contribution is 2.32. The highest BCUT2D eigenvalue weighted by atomic mass is 16.3. The molecule has 0 amide bonds. The zero-order chi connectivity index (χ0) is 14.4. The molecule has 4 rings (SSSR count). The third-order valence-electron chi connectivity index (χ3n) is 4.01. The molecule has 4 nitrogen and oxygen atoms in total. The summed E-state index contributed by atoms with van der Waals surface area (Å²) < 4.78 is 2.10. The molecule has 2 heterocycles. The van der Waals surface area contributed by atoms with Gasteiger partial charge in [-0.25, -0.2) is 4.98 Å². The lowest BCUT2D eigenvalue weighted by Crippen LogP contribution is -2.38. The van der Waals surface area contributed by atoms with E-state index in [1.165, 1.54) is 5.56 Å². The molecule has 0 spiro atoms. The third-order valence-corrected chi connectivity index (χ3v) is 4.01. The van der Waals surface area contributed by atoms with Gasteiger partial charge in [0.25, 0.3) is 0 Å². The van der Waals surface area contributed by atoms with Crippen molar-refractivity contribution in [2.24, 2.45) is 0 Å². The first-order valence-electron chi connectivity index (χ1n) is 7.20. The second-order valence-corrected chi connectivity index (χ2v) is 5.61. The van der Waals surface area contributed by atoms with Gasteiger partial charge in [0.1, 0.15) is 0 Å². The molecule has 0 aliphatic carbocycles. The van der Waals surface area contributed by atoms with E-state index < -0.39 is 6.10 Å². The average Bonchev–Trinajstić information content (AvgIpc) is 2.86. The summed E-state index contributed by atoms with van der Waals surface area (Å²) >= 11 is 0. The second-order valence-electron chi connectivity index (χ2n) is 5.61. The number of hydrogen-bond donors (Lipinski definition) is 1. The Morgan fingerprint density at radius 3 is 2.62 bits per heavy atom. The fraction of sp³-hybridized carbons (Fsp3) is 0.235. The Kier molecular flexibility index (Phi) is 2.72. The van der Waals surface area contributed by atoms with E-state index in [0.717, 1.165) is 22.7 Å². The largest absolute Gasteiger partial charge is 0.389 e. The molecule has 0 bridgehead atoms. The molecule has 2 aromatic carbocycles. The maximum atomic E-state index is 10.2. The molecular weight excluding hydrogens is 262 g/mol. The van der Waals surface area contributed by atoms with Crippen molar-refractivity contribution >= 4 is 22.7 Å². The van der Waals surface area contributed by atoms with E-state index in [1.807, 2.05) is 18.2 Å². The van der Waals surface area contributed by atoms with Crippen LogP contribution >= 0.6 is 0 Å². The standard InChI is InChI=1S/C17H17N3O/c1-12-6-8-13(9-7-12)19-10-14(21)11-20-16-5-3-2-4-15(16)18-17(19)20/h2-9,14,21H,10-11H2,1H3. The molecule has 0 fully saturated rings. The van der Waals surface area contributed by atoms with Gasteiger partial charge in [0.05, 0.1) is 30.2 Å². The van der Waals surface area contributed by atoms with Crippen LogP contribution in [0.4, 0.5) is 11.6 Å². The molecule has 1 unspecified atom stereocenters. The maximum Gasteiger partial charge on any atom is 0.211 e. The van der Waals surface area contributed by atoms with E-state index in [4.69, 9.17) is 4.98 Å². The van der Waals surface area contributed by atoms with Crippen LogP contribution in [0.1, 0.15) is 5.56 Å². The summed E-state index contributed by atoms with van der Waals surface area (Å²) in [5.74, 6) is 0.908. The fourth-order valence-electron chi connectivity index (χ4n) is 2.96. The highest BCUT2D eigenvalue weighted by Gasteiger charge is 2.27. The molecule has 4 heteroatoms. The van der Waals surface area contributed by atoms with Gasteiger partial charge in [-0.3, -0.25) is 0 Å². The SMILES string of the molecule is Cc1ccc(N2CC(O)Cn3c2nc2ccccc23)cc1. The summed E-state index contributed by atoms with van der Waals surface area (Å²) in [6.07, 6.45) is -0.392. The molecule has 1 aliphatic rings. The number of fused-ring (bicyclic) bond motifs is 3. The van der Waals surface area contributed by atoms with Gasteiger partial charge in [0.15, 0.2) is 0 Å². The molecule has 1 aromatic heterocycles. The van der Waals surface area contributed by atoms with Crippen LogP contribution in [0.3, 0.4) is 0 Å². The van der Waals surface area contributed by atoms with Gasteiger partial charge in [0.2, 0.25) is 5.95 Å². The number of aliphatic hydroxyl groups excluding tert-OH is 1. The van der Waals surface area contributed by atoms with Crippen LogP contribution in [0.5, 0.6) is 0 Å². The topological polar surface area (TPSA) is 41.3 Å². The minimum atomic E-state index is -0.392. The monoisotopic (exact) mass is 279 g/mol. The van der Waals surface area contributed by atoms with Crippen molar-refractivity contribution in [1.82, 2.24) is 9.55 Å². The van der Waals surface area contributed by atoms with E-state index in [2.05, 4.69) is 46.7 Å². The Balaban J connectivity index is 1.89. The molecule has 106 valence electrons. The smallest absolute Gasteiger partial charge is 0.211 e. The van der Waals surface area contributed by atoms with Crippen LogP contribution in [0.2, 0.25) is 0 Å². The average molecular weight is 279 g/mol. The molecule has 3 aromatic rings. The van der Waals surface area contributed by atoms with E-state index in [-0.39, 0.29) is 0 Å². The Bertz CT molecular complexity index is 791. The van der Waals surface area contributed by atoms with E-state index >= 15 is 0 Å². The Morgan fingerprint density at radius 1 is 1.05 bits per heavy atom. The number of benzene rings is 2. The van der Waals surface area contributed by atoms with Gasteiger partial charge >= 0.3 is 0 Å². The van der Waals surface area contributed by atoms with Gasteiger partial charge in [-0.05, 0) is 31.2 Å². The summed E-state index contributed by atoms with van der Waals surface area (Å²) in [6, 6.07) is 16.4. The number of imidazole rings is 1. The molecule has 1 N–H and O–H groups in total.